The number of esters is 1. The molecule has 2 N–H and O–H groups in total. The molecule has 112 valence electrons. The third-order valence-corrected chi connectivity index (χ3v) is 2.92. The first-order chi connectivity index (χ1) is 9.70. The summed E-state index contributed by atoms with van der Waals surface area (Å²) in [5.41, 5.74) is 4.52. The van der Waals surface area contributed by atoms with Gasteiger partial charge in [0.05, 0.1) is 5.56 Å². The first-order valence-corrected chi connectivity index (χ1v) is 5.82. The van der Waals surface area contributed by atoms with Crippen molar-refractivity contribution in [2.75, 3.05) is 6.61 Å². The average molecular weight is 300 g/mol. The molecule has 21 heavy (non-hydrogen) atoms. The molecule has 0 fully saturated rings. The summed E-state index contributed by atoms with van der Waals surface area (Å²) < 4.78 is 44.0. The molecular weight excluding hydrogens is 289 g/mol. The lowest BCUT2D eigenvalue weighted by Crippen LogP contribution is -2.21. The Bertz CT molecular complexity index is 719. The molecule has 1 amide bonds. The highest BCUT2D eigenvalue weighted by molar-refractivity contribution is 5.96. The standard InChI is InChI=1S/C13H11F3N2O3/c1-18-9-3-2-8(13(14,15)16)4-7(9)5-10(18)12(20)21-6-11(17)19/h2-5H,6H2,1H3,(H2,17,19). The minimum Gasteiger partial charge on any atom is -0.451 e. The Hall–Kier alpha value is -2.51. The summed E-state index contributed by atoms with van der Waals surface area (Å²) in [6.07, 6.45) is -4.46. The lowest BCUT2D eigenvalue weighted by molar-refractivity contribution is -0.137. The molecule has 0 atom stereocenters. The summed E-state index contributed by atoms with van der Waals surface area (Å²) in [5.74, 6) is -1.65. The maximum atomic E-state index is 12.6. The lowest BCUT2D eigenvalue weighted by atomic mass is 10.1. The van der Waals surface area contributed by atoms with Crippen molar-refractivity contribution in [2.24, 2.45) is 12.8 Å². The minimum atomic E-state index is -4.46. The minimum absolute atomic E-state index is 0.0329. The second-order valence-corrected chi connectivity index (χ2v) is 4.40. The molecule has 0 saturated carbocycles. The SMILES string of the molecule is Cn1c(C(=O)OCC(N)=O)cc2cc(C(F)(F)F)ccc21. The number of hydrogen-bond donors (Lipinski definition) is 1. The maximum absolute atomic E-state index is 12.6. The summed E-state index contributed by atoms with van der Waals surface area (Å²) in [4.78, 5) is 22.3. The van der Waals surface area contributed by atoms with E-state index in [1.165, 1.54) is 23.7 Å². The number of benzene rings is 1. The van der Waals surface area contributed by atoms with Crippen LogP contribution >= 0.6 is 0 Å². The van der Waals surface area contributed by atoms with Gasteiger partial charge in [-0.1, -0.05) is 0 Å². The molecule has 5 nitrogen and oxygen atoms in total. The Kier molecular flexibility index (Phi) is 3.63. The van der Waals surface area contributed by atoms with E-state index in [1.54, 1.807) is 0 Å². The zero-order valence-electron chi connectivity index (χ0n) is 10.9. The first-order valence-electron chi connectivity index (χ1n) is 5.82. The number of carbonyl (C=O) groups is 2. The van der Waals surface area contributed by atoms with Gasteiger partial charge < -0.3 is 15.0 Å². The van der Waals surface area contributed by atoms with Crippen LogP contribution in [0.2, 0.25) is 0 Å². The number of amides is 1. The second kappa shape index (κ2) is 5.12. The van der Waals surface area contributed by atoms with Crippen LogP contribution in [0.4, 0.5) is 13.2 Å². The number of nitrogens with zero attached hydrogens (tertiary/aromatic N) is 1. The van der Waals surface area contributed by atoms with Gasteiger partial charge in [0.15, 0.2) is 6.61 Å². The van der Waals surface area contributed by atoms with E-state index in [0.29, 0.717) is 5.52 Å². The number of aryl methyl sites for hydroxylation is 1. The fraction of sp³-hybridized carbons (Fsp3) is 0.231. The molecule has 8 heteroatoms. The van der Waals surface area contributed by atoms with Gasteiger partial charge in [0.25, 0.3) is 5.91 Å². The van der Waals surface area contributed by atoms with Crippen LogP contribution in [0.15, 0.2) is 24.3 Å². The third-order valence-electron chi connectivity index (χ3n) is 2.92. The predicted octanol–water partition coefficient (Wildman–Crippen LogP) is 1.84. The van der Waals surface area contributed by atoms with E-state index in [-0.39, 0.29) is 11.1 Å². The molecule has 1 aromatic heterocycles. The molecule has 0 bridgehead atoms. The van der Waals surface area contributed by atoms with Gasteiger partial charge in [-0.2, -0.15) is 13.2 Å². The number of hydrogen-bond acceptors (Lipinski definition) is 3. The van der Waals surface area contributed by atoms with Crippen molar-refractivity contribution in [3.05, 3.63) is 35.5 Å². The molecule has 0 aliphatic rings. The highest BCUT2D eigenvalue weighted by atomic mass is 19.4. The van der Waals surface area contributed by atoms with Crippen LogP contribution in [0.5, 0.6) is 0 Å². The van der Waals surface area contributed by atoms with Crippen LogP contribution in [0.3, 0.4) is 0 Å². The highest BCUT2D eigenvalue weighted by Gasteiger charge is 2.31. The Labute approximate surface area is 117 Å². The van der Waals surface area contributed by atoms with Crippen LogP contribution < -0.4 is 5.73 Å². The molecular formula is C13H11F3N2O3. The second-order valence-electron chi connectivity index (χ2n) is 4.40. The Morgan fingerprint density at radius 2 is 1.95 bits per heavy atom. The molecule has 1 heterocycles. The van der Waals surface area contributed by atoms with Gasteiger partial charge in [-0.3, -0.25) is 4.79 Å². The Morgan fingerprint density at radius 1 is 1.29 bits per heavy atom. The van der Waals surface area contributed by atoms with Crippen molar-refractivity contribution in [1.82, 2.24) is 4.57 Å². The molecule has 0 aliphatic heterocycles. The number of ether oxygens (including phenoxy) is 1. The summed E-state index contributed by atoms with van der Waals surface area (Å²) in [7, 11) is 1.51. The normalized spacial score (nSPS) is 11.6. The van der Waals surface area contributed by atoms with Gasteiger partial charge in [0, 0.05) is 18.0 Å². The van der Waals surface area contributed by atoms with E-state index in [2.05, 4.69) is 4.74 Å². The number of rotatable bonds is 3. The van der Waals surface area contributed by atoms with Gasteiger partial charge in [-0.25, -0.2) is 4.79 Å². The number of alkyl halides is 3. The number of primary amides is 1. The van der Waals surface area contributed by atoms with Crippen molar-refractivity contribution < 1.29 is 27.5 Å². The number of nitrogens with two attached hydrogens (primary N) is 1. The van der Waals surface area contributed by atoms with E-state index in [0.717, 1.165) is 12.1 Å². The molecule has 0 aliphatic carbocycles. The maximum Gasteiger partial charge on any atom is 0.416 e. The third kappa shape index (κ3) is 2.99. The zero-order valence-corrected chi connectivity index (χ0v) is 10.9. The molecule has 1 aromatic carbocycles. The molecule has 0 radical (unpaired) electrons. The fourth-order valence-electron chi connectivity index (χ4n) is 1.93. The zero-order chi connectivity index (χ0) is 15.8. The average Bonchev–Trinajstić information content (AvgIpc) is 2.72. The van der Waals surface area contributed by atoms with Gasteiger partial charge in [-0.15, -0.1) is 0 Å². The van der Waals surface area contributed by atoms with Crippen LogP contribution in [-0.2, 0) is 22.8 Å². The number of carbonyl (C=O) groups excluding carboxylic acids is 2. The van der Waals surface area contributed by atoms with Crippen molar-refractivity contribution in [3.8, 4) is 0 Å². The van der Waals surface area contributed by atoms with Crippen LogP contribution in [0.25, 0.3) is 10.9 Å². The van der Waals surface area contributed by atoms with Gasteiger partial charge in [-0.05, 0) is 24.3 Å². The summed E-state index contributed by atoms with van der Waals surface area (Å²) in [6, 6.07) is 4.41. The Morgan fingerprint density at radius 3 is 2.52 bits per heavy atom. The van der Waals surface area contributed by atoms with Crippen LogP contribution in [0, 0.1) is 0 Å². The smallest absolute Gasteiger partial charge is 0.416 e. The van der Waals surface area contributed by atoms with Crippen molar-refractivity contribution in [3.63, 3.8) is 0 Å². The number of halogens is 3. The highest BCUT2D eigenvalue weighted by Crippen LogP contribution is 2.32. The Balaban J connectivity index is 2.41. The molecule has 0 spiro atoms. The topological polar surface area (TPSA) is 74.3 Å². The van der Waals surface area contributed by atoms with E-state index in [9.17, 15) is 22.8 Å². The van der Waals surface area contributed by atoms with E-state index < -0.39 is 30.2 Å². The quantitative estimate of drug-likeness (QED) is 0.879. The predicted molar refractivity (Wildman–Crippen MR) is 67.4 cm³/mol. The summed E-state index contributed by atoms with van der Waals surface area (Å²) >= 11 is 0. The van der Waals surface area contributed by atoms with Gasteiger partial charge in [0.1, 0.15) is 5.69 Å². The monoisotopic (exact) mass is 300 g/mol. The molecule has 0 unspecified atom stereocenters. The summed E-state index contributed by atoms with van der Waals surface area (Å²) in [6.45, 7) is -0.589. The molecule has 2 aromatic rings. The molecule has 2 rings (SSSR count). The van der Waals surface area contributed by atoms with Crippen LogP contribution in [-0.4, -0.2) is 23.1 Å². The number of fused-ring (bicyclic) bond motifs is 1. The summed E-state index contributed by atoms with van der Waals surface area (Å²) in [5, 5.41) is 0.248. The first kappa shape index (κ1) is 14.9. The fourth-order valence-corrected chi connectivity index (χ4v) is 1.93. The van der Waals surface area contributed by atoms with Crippen LogP contribution in [0.1, 0.15) is 16.1 Å². The van der Waals surface area contributed by atoms with E-state index in [4.69, 9.17) is 5.73 Å². The van der Waals surface area contributed by atoms with Gasteiger partial charge in [0.2, 0.25) is 0 Å². The largest absolute Gasteiger partial charge is 0.451 e. The van der Waals surface area contributed by atoms with Crippen molar-refractivity contribution >= 4 is 22.8 Å². The molecule has 0 saturated heterocycles. The van der Waals surface area contributed by atoms with Crippen molar-refractivity contribution in [2.45, 2.75) is 6.18 Å². The van der Waals surface area contributed by atoms with Crippen molar-refractivity contribution in [1.29, 1.82) is 0 Å². The van der Waals surface area contributed by atoms with Gasteiger partial charge >= 0.3 is 12.1 Å². The van der Waals surface area contributed by atoms with E-state index >= 15 is 0 Å². The number of aromatic nitrogens is 1. The lowest BCUT2D eigenvalue weighted by Gasteiger charge is -2.06. The van der Waals surface area contributed by atoms with E-state index in [1.807, 2.05) is 0 Å².